The molecule has 0 aromatic heterocycles. The van der Waals surface area contributed by atoms with Crippen LogP contribution in [0.1, 0.15) is 5.56 Å². The number of halogens is 3. The first-order valence-corrected chi connectivity index (χ1v) is 10.2. The Hall–Kier alpha value is 0.680. The lowest BCUT2D eigenvalue weighted by Gasteiger charge is -2.28. The molecule has 1 rings (SSSR count). The largest absolute Gasteiger partial charge is 0.394 e. The van der Waals surface area contributed by atoms with Gasteiger partial charge in [0.2, 0.25) is 0 Å². The third-order valence-corrected chi connectivity index (χ3v) is 6.15. The van der Waals surface area contributed by atoms with Gasteiger partial charge in [0.1, 0.15) is 6.61 Å². The summed E-state index contributed by atoms with van der Waals surface area (Å²) in [5.41, 5.74) is 1.27. The molecular formula is C14H18I3NO6. The second-order valence-electron chi connectivity index (χ2n) is 5.02. The summed E-state index contributed by atoms with van der Waals surface area (Å²) in [6, 6.07) is 1.82. The van der Waals surface area contributed by atoms with Crippen molar-refractivity contribution in [3.05, 3.63) is 22.3 Å². The molecule has 0 bridgehead atoms. The summed E-state index contributed by atoms with van der Waals surface area (Å²) in [6.07, 6.45) is -1.86. The van der Waals surface area contributed by atoms with Gasteiger partial charge in [-0.1, -0.05) is 0 Å². The van der Waals surface area contributed by atoms with E-state index in [2.05, 4.69) is 45.2 Å². The summed E-state index contributed by atoms with van der Waals surface area (Å²) in [5, 5.41) is 46.8. The van der Waals surface area contributed by atoms with E-state index >= 15 is 0 Å². The molecule has 136 valence electrons. The van der Waals surface area contributed by atoms with Gasteiger partial charge in [-0.05, 0) is 79.4 Å². The van der Waals surface area contributed by atoms with Crippen LogP contribution in [-0.4, -0.2) is 70.0 Å². The highest BCUT2D eigenvalue weighted by molar-refractivity contribution is 14.1. The van der Waals surface area contributed by atoms with Gasteiger partial charge < -0.3 is 30.4 Å². The Kier molecular flexibility index (Phi) is 10.2. The molecule has 0 aliphatic heterocycles. The van der Waals surface area contributed by atoms with Crippen LogP contribution >= 0.6 is 67.8 Å². The van der Waals surface area contributed by atoms with E-state index in [9.17, 15) is 20.1 Å². The molecule has 7 nitrogen and oxygen atoms in total. The first-order chi connectivity index (χ1) is 11.3. The van der Waals surface area contributed by atoms with Gasteiger partial charge in [0.05, 0.1) is 37.7 Å². The predicted octanol–water partition coefficient (Wildman–Crippen LogP) is 0.0746. The van der Waals surface area contributed by atoms with Crippen LogP contribution in [0.25, 0.3) is 0 Å². The maximum atomic E-state index is 12.1. The highest BCUT2D eigenvalue weighted by Gasteiger charge is 2.26. The number of nitrogens with zero attached hydrogens (tertiary/aromatic N) is 1. The van der Waals surface area contributed by atoms with E-state index < -0.39 is 31.3 Å². The number of aliphatic hydroxyl groups excluding tert-OH is 5. The SMILES string of the molecule is O=C(CO)N(CC(O)CO)c1c(I)cc(I)c(CC(O)CO)c1I. The van der Waals surface area contributed by atoms with Crippen LogP contribution in [-0.2, 0) is 11.2 Å². The van der Waals surface area contributed by atoms with Crippen molar-refractivity contribution in [2.75, 3.05) is 31.3 Å². The smallest absolute Gasteiger partial charge is 0.252 e. The highest BCUT2D eigenvalue weighted by atomic mass is 127. The monoisotopic (exact) mass is 677 g/mol. The Morgan fingerprint density at radius 3 is 2.12 bits per heavy atom. The molecule has 0 aliphatic carbocycles. The lowest BCUT2D eigenvalue weighted by molar-refractivity contribution is -0.121. The van der Waals surface area contributed by atoms with Crippen molar-refractivity contribution in [3.8, 4) is 0 Å². The minimum absolute atomic E-state index is 0.162. The van der Waals surface area contributed by atoms with Gasteiger partial charge >= 0.3 is 0 Å². The van der Waals surface area contributed by atoms with Crippen LogP contribution < -0.4 is 4.90 Å². The molecule has 24 heavy (non-hydrogen) atoms. The average molecular weight is 677 g/mol. The normalized spacial score (nSPS) is 13.7. The number of hydrogen-bond donors (Lipinski definition) is 5. The third kappa shape index (κ3) is 5.85. The van der Waals surface area contributed by atoms with Gasteiger partial charge in [0.25, 0.3) is 5.91 Å². The Morgan fingerprint density at radius 2 is 1.62 bits per heavy atom. The maximum Gasteiger partial charge on any atom is 0.252 e. The van der Waals surface area contributed by atoms with Gasteiger partial charge in [-0.3, -0.25) is 4.79 Å². The van der Waals surface area contributed by atoms with E-state index in [0.29, 0.717) is 9.26 Å². The van der Waals surface area contributed by atoms with E-state index in [-0.39, 0.29) is 19.6 Å². The highest BCUT2D eigenvalue weighted by Crippen LogP contribution is 2.35. The van der Waals surface area contributed by atoms with Crippen LogP contribution in [0.5, 0.6) is 0 Å². The number of anilines is 1. The van der Waals surface area contributed by atoms with Crippen LogP contribution in [0.3, 0.4) is 0 Å². The van der Waals surface area contributed by atoms with E-state index in [1.165, 1.54) is 4.90 Å². The van der Waals surface area contributed by atoms with E-state index in [0.717, 1.165) is 12.7 Å². The zero-order chi connectivity index (χ0) is 18.4. The Bertz CT molecular complexity index is 586. The Morgan fingerprint density at radius 1 is 1.04 bits per heavy atom. The number of rotatable bonds is 8. The molecule has 0 spiro atoms. The number of carbonyl (C=O) groups is 1. The predicted molar refractivity (Wildman–Crippen MR) is 114 cm³/mol. The third-order valence-electron chi connectivity index (χ3n) is 3.20. The van der Waals surface area contributed by atoms with Crippen LogP contribution in [0.2, 0.25) is 0 Å². The molecule has 0 saturated carbocycles. The Balaban J connectivity index is 3.41. The molecule has 2 unspecified atom stereocenters. The number of benzene rings is 1. The second-order valence-corrected chi connectivity index (χ2v) is 8.42. The first-order valence-electron chi connectivity index (χ1n) is 6.92. The Labute approximate surface area is 180 Å². The quantitative estimate of drug-likeness (QED) is 0.249. The summed E-state index contributed by atoms with van der Waals surface area (Å²) < 4.78 is 2.29. The molecular weight excluding hydrogens is 659 g/mol. The summed E-state index contributed by atoms with van der Waals surface area (Å²) in [7, 11) is 0. The minimum atomic E-state index is -1.14. The van der Waals surface area contributed by atoms with Crippen molar-refractivity contribution in [2.24, 2.45) is 0 Å². The molecule has 0 heterocycles. The molecule has 2 atom stereocenters. The lowest BCUT2D eigenvalue weighted by Crippen LogP contribution is -2.41. The number of hydrogen-bond acceptors (Lipinski definition) is 6. The fourth-order valence-corrected chi connectivity index (χ4v) is 6.42. The summed E-state index contributed by atoms with van der Waals surface area (Å²) in [5.74, 6) is -0.604. The fourth-order valence-electron chi connectivity index (χ4n) is 2.03. The minimum Gasteiger partial charge on any atom is -0.394 e. The zero-order valence-electron chi connectivity index (χ0n) is 12.5. The summed E-state index contributed by atoms with van der Waals surface area (Å²) in [4.78, 5) is 13.4. The van der Waals surface area contributed by atoms with Gasteiger partial charge in [0, 0.05) is 17.1 Å². The number of amides is 1. The molecule has 1 aromatic rings. The van der Waals surface area contributed by atoms with Crippen molar-refractivity contribution < 1.29 is 30.3 Å². The average Bonchev–Trinajstić information content (AvgIpc) is 2.56. The topological polar surface area (TPSA) is 121 Å². The second kappa shape index (κ2) is 10.7. The summed E-state index contributed by atoms with van der Waals surface area (Å²) in [6.45, 7) is -1.78. The summed E-state index contributed by atoms with van der Waals surface area (Å²) >= 11 is 6.21. The van der Waals surface area contributed by atoms with Crippen molar-refractivity contribution in [2.45, 2.75) is 18.6 Å². The molecule has 1 aromatic carbocycles. The maximum absolute atomic E-state index is 12.1. The molecule has 0 fully saturated rings. The number of aliphatic hydroxyl groups is 5. The fraction of sp³-hybridized carbons (Fsp3) is 0.500. The molecule has 10 heteroatoms. The van der Waals surface area contributed by atoms with Crippen LogP contribution in [0, 0.1) is 10.7 Å². The van der Waals surface area contributed by atoms with Gasteiger partial charge in [-0.15, -0.1) is 0 Å². The van der Waals surface area contributed by atoms with Crippen LogP contribution in [0.15, 0.2) is 6.07 Å². The van der Waals surface area contributed by atoms with E-state index in [1.54, 1.807) is 0 Å². The molecule has 1 amide bonds. The van der Waals surface area contributed by atoms with Crippen molar-refractivity contribution in [1.29, 1.82) is 0 Å². The van der Waals surface area contributed by atoms with E-state index in [1.807, 2.05) is 28.7 Å². The lowest BCUT2D eigenvalue weighted by atomic mass is 10.1. The zero-order valence-corrected chi connectivity index (χ0v) is 19.0. The standard InChI is InChI=1S/C14H18I3NO6/c15-10-2-11(16)14(13(17)9(10)1-7(22)4-19)18(12(24)6-21)3-8(23)5-20/h2,7-8,19-23H,1,3-6H2. The van der Waals surface area contributed by atoms with Crippen molar-refractivity contribution in [1.82, 2.24) is 0 Å². The molecule has 5 N–H and O–H groups in total. The van der Waals surface area contributed by atoms with Gasteiger partial charge in [-0.25, -0.2) is 0 Å². The van der Waals surface area contributed by atoms with Crippen molar-refractivity contribution >= 4 is 79.4 Å². The first kappa shape index (κ1) is 22.7. The van der Waals surface area contributed by atoms with Crippen LogP contribution in [0.4, 0.5) is 5.69 Å². The molecule has 0 radical (unpaired) electrons. The number of carbonyl (C=O) groups excluding carboxylic acids is 1. The van der Waals surface area contributed by atoms with Gasteiger partial charge in [0.15, 0.2) is 0 Å². The van der Waals surface area contributed by atoms with Crippen molar-refractivity contribution in [3.63, 3.8) is 0 Å². The van der Waals surface area contributed by atoms with Gasteiger partial charge in [-0.2, -0.15) is 0 Å². The molecule has 0 saturated heterocycles. The van der Waals surface area contributed by atoms with E-state index in [4.69, 9.17) is 10.2 Å². The molecule has 0 aliphatic rings.